The number of aryl methyl sites for hydroxylation is 1. The van der Waals surface area contributed by atoms with E-state index < -0.39 is 0 Å². The number of rotatable bonds is 6. The maximum absolute atomic E-state index is 12.3. The number of amides is 1. The molecule has 0 unspecified atom stereocenters. The Balaban J connectivity index is 2.00. The molecule has 0 saturated heterocycles. The van der Waals surface area contributed by atoms with Crippen molar-refractivity contribution in [1.82, 2.24) is 0 Å². The molecule has 0 heterocycles. The van der Waals surface area contributed by atoms with Gasteiger partial charge in [0.2, 0.25) is 5.91 Å². The van der Waals surface area contributed by atoms with Crippen LogP contribution in [0.5, 0.6) is 0 Å². The summed E-state index contributed by atoms with van der Waals surface area (Å²) in [6.45, 7) is 5.25. The predicted octanol–water partition coefficient (Wildman–Crippen LogP) is 3.53. The monoisotopic (exact) mass is 311 g/mol. The minimum absolute atomic E-state index is 0.00837. The van der Waals surface area contributed by atoms with Crippen LogP contribution in [0.25, 0.3) is 0 Å². The van der Waals surface area contributed by atoms with Crippen LogP contribution in [0.1, 0.15) is 12.5 Å². The number of likely N-dealkylation sites (N-methyl/N-ethyl adjacent to an activating group) is 1. The average Bonchev–Trinajstić information content (AvgIpc) is 2.53. The lowest BCUT2D eigenvalue weighted by atomic mass is 10.2. The number of hydrogen-bond acceptors (Lipinski definition) is 3. The van der Waals surface area contributed by atoms with Gasteiger partial charge >= 0.3 is 0 Å². The number of anilines is 3. The van der Waals surface area contributed by atoms with Crippen LogP contribution in [0, 0.1) is 6.92 Å². The smallest absolute Gasteiger partial charge is 0.243 e. The summed E-state index contributed by atoms with van der Waals surface area (Å²) in [5.41, 5.74) is 4.20. The van der Waals surface area contributed by atoms with Gasteiger partial charge in [-0.05, 0) is 55.8 Å². The van der Waals surface area contributed by atoms with Crippen LogP contribution in [0.4, 0.5) is 17.1 Å². The molecule has 0 aliphatic carbocycles. The summed E-state index contributed by atoms with van der Waals surface area (Å²) in [5.74, 6) is -0.00837. The van der Waals surface area contributed by atoms with Gasteiger partial charge in [0.05, 0.1) is 6.54 Å². The Morgan fingerprint density at radius 1 is 1.04 bits per heavy atom. The number of carbonyl (C=O) groups is 1. The van der Waals surface area contributed by atoms with Crippen molar-refractivity contribution in [3.05, 3.63) is 54.1 Å². The molecule has 2 aromatic carbocycles. The highest BCUT2D eigenvalue weighted by molar-refractivity contribution is 5.94. The molecule has 0 radical (unpaired) electrons. The molecule has 0 atom stereocenters. The molecule has 1 N–H and O–H groups in total. The molecule has 4 nitrogen and oxygen atoms in total. The van der Waals surface area contributed by atoms with E-state index in [0.717, 1.165) is 23.6 Å². The topological polar surface area (TPSA) is 35.6 Å². The van der Waals surface area contributed by atoms with Gasteiger partial charge in [-0.2, -0.15) is 0 Å². The summed E-state index contributed by atoms with van der Waals surface area (Å²) < 4.78 is 0. The molecule has 0 spiro atoms. The maximum atomic E-state index is 12.3. The fourth-order valence-electron chi connectivity index (χ4n) is 2.43. The van der Waals surface area contributed by atoms with Crippen molar-refractivity contribution < 1.29 is 4.79 Å². The van der Waals surface area contributed by atoms with Crippen molar-refractivity contribution in [2.45, 2.75) is 13.8 Å². The van der Waals surface area contributed by atoms with Crippen molar-refractivity contribution in [2.75, 3.05) is 42.3 Å². The number of nitrogens with one attached hydrogen (secondary N) is 1. The van der Waals surface area contributed by atoms with Gasteiger partial charge < -0.3 is 15.1 Å². The van der Waals surface area contributed by atoms with E-state index in [0.29, 0.717) is 6.54 Å². The van der Waals surface area contributed by atoms with E-state index in [9.17, 15) is 4.79 Å². The zero-order chi connectivity index (χ0) is 16.8. The van der Waals surface area contributed by atoms with Crippen LogP contribution in [0.2, 0.25) is 0 Å². The molecule has 122 valence electrons. The Hall–Kier alpha value is -2.49. The van der Waals surface area contributed by atoms with Gasteiger partial charge in [0.25, 0.3) is 0 Å². The SMILES string of the molecule is CCN(CC(=O)Nc1ccc(N(C)C)cc1)c1cccc(C)c1. The van der Waals surface area contributed by atoms with Crippen LogP contribution in [-0.2, 0) is 4.79 Å². The number of benzene rings is 2. The van der Waals surface area contributed by atoms with Crippen LogP contribution in [0.15, 0.2) is 48.5 Å². The molecule has 0 fully saturated rings. The second kappa shape index (κ2) is 7.68. The van der Waals surface area contributed by atoms with Crippen molar-refractivity contribution in [3.8, 4) is 0 Å². The Morgan fingerprint density at radius 2 is 1.74 bits per heavy atom. The van der Waals surface area contributed by atoms with Gasteiger partial charge in [-0.3, -0.25) is 4.79 Å². The van der Waals surface area contributed by atoms with Gasteiger partial charge in [0, 0.05) is 37.7 Å². The van der Waals surface area contributed by atoms with E-state index in [1.807, 2.05) is 55.4 Å². The molecule has 0 aliphatic heterocycles. The summed E-state index contributed by atoms with van der Waals surface area (Å²) >= 11 is 0. The Kier molecular flexibility index (Phi) is 5.63. The zero-order valence-corrected chi connectivity index (χ0v) is 14.3. The number of carbonyl (C=O) groups excluding carboxylic acids is 1. The minimum atomic E-state index is -0.00837. The van der Waals surface area contributed by atoms with Crippen molar-refractivity contribution >= 4 is 23.0 Å². The molecular formula is C19H25N3O. The van der Waals surface area contributed by atoms with E-state index in [1.54, 1.807) is 0 Å². The van der Waals surface area contributed by atoms with E-state index in [2.05, 4.69) is 36.2 Å². The highest BCUT2D eigenvalue weighted by atomic mass is 16.2. The Bertz CT molecular complexity index is 650. The molecule has 23 heavy (non-hydrogen) atoms. The number of hydrogen-bond donors (Lipinski definition) is 1. The van der Waals surface area contributed by atoms with Crippen LogP contribution < -0.4 is 15.1 Å². The fraction of sp³-hybridized carbons (Fsp3) is 0.316. The van der Waals surface area contributed by atoms with Crippen molar-refractivity contribution in [2.24, 2.45) is 0 Å². The second-order valence-corrected chi connectivity index (χ2v) is 5.84. The first-order chi connectivity index (χ1) is 11.0. The van der Waals surface area contributed by atoms with Crippen LogP contribution in [-0.4, -0.2) is 33.1 Å². The van der Waals surface area contributed by atoms with E-state index >= 15 is 0 Å². The number of nitrogens with zero attached hydrogens (tertiary/aromatic N) is 2. The Labute approximate surface area is 138 Å². The Morgan fingerprint density at radius 3 is 2.30 bits per heavy atom. The van der Waals surface area contributed by atoms with E-state index in [-0.39, 0.29) is 5.91 Å². The quantitative estimate of drug-likeness (QED) is 0.886. The van der Waals surface area contributed by atoms with Crippen molar-refractivity contribution in [3.63, 3.8) is 0 Å². The first kappa shape index (κ1) is 16.9. The molecule has 1 amide bonds. The molecule has 0 aromatic heterocycles. The van der Waals surface area contributed by atoms with E-state index in [4.69, 9.17) is 0 Å². The van der Waals surface area contributed by atoms with Gasteiger partial charge in [-0.25, -0.2) is 0 Å². The van der Waals surface area contributed by atoms with Crippen LogP contribution in [0.3, 0.4) is 0 Å². The first-order valence-electron chi connectivity index (χ1n) is 7.88. The second-order valence-electron chi connectivity index (χ2n) is 5.84. The van der Waals surface area contributed by atoms with Gasteiger partial charge in [-0.15, -0.1) is 0 Å². The van der Waals surface area contributed by atoms with Gasteiger partial charge in [0.1, 0.15) is 0 Å². The lowest BCUT2D eigenvalue weighted by molar-refractivity contribution is -0.115. The van der Waals surface area contributed by atoms with E-state index in [1.165, 1.54) is 5.56 Å². The molecule has 2 rings (SSSR count). The third kappa shape index (κ3) is 4.74. The molecular weight excluding hydrogens is 286 g/mol. The summed E-state index contributed by atoms with van der Waals surface area (Å²) in [6.07, 6.45) is 0. The summed E-state index contributed by atoms with van der Waals surface area (Å²) in [6, 6.07) is 16.1. The maximum Gasteiger partial charge on any atom is 0.243 e. The lowest BCUT2D eigenvalue weighted by Gasteiger charge is -2.23. The first-order valence-corrected chi connectivity index (χ1v) is 7.88. The molecule has 2 aromatic rings. The van der Waals surface area contributed by atoms with Crippen LogP contribution >= 0.6 is 0 Å². The molecule has 0 bridgehead atoms. The highest BCUT2D eigenvalue weighted by Crippen LogP contribution is 2.17. The third-order valence-corrected chi connectivity index (χ3v) is 3.75. The largest absolute Gasteiger partial charge is 0.378 e. The summed E-state index contributed by atoms with van der Waals surface area (Å²) in [7, 11) is 3.99. The van der Waals surface area contributed by atoms with Crippen molar-refractivity contribution in [1.29, 1.82) is 0 Å². The van der Waals surface area contributed by atoms with Gasteiger partial charge in [-0.1, -0.05) is 12.1 Å². The highest BCUT2D eigenvalue weighted by Gasteiger charge is 2.10. The van der Waals surface area contributed by atoms with Gasteiger partial charge in [0.15, 0.2) is 0 Å². The normalized spacial score (nSPS) is 10.3. The third-order valence-electron chi connectivity index (χ3n) is 3.75. The minimum Gasteiger partial charge on any atom is -0.378 e. The summed E-state index contributed by atoms with van der Waals surface area (Å²) in [5, 5.41) is 2.96. The standard InChI is InChI=1S/C19H25N3O/c1-5-22(18-8-6-7-15(2)13-18)14-19(23)20-16-9-11-17(12-10-16)21(3)4/h6-13H,5,14H2,1-4H3,(H,20,23). The molecule has 0 aliphatic rings. The predicted molar refractivity (Wildman–Crippen MR) is 98.5 cm³/mol. The molecule has 4 heteroatoms. The zero-order valence-electron chi connectivity index (χ0n) is 14.3. The summed E-state index contributed by atoms with van der Waals surface area (Å²) in [4.78, 5) is 16.4. The fourth-order valence-corrected chi connectivity index (χ4v) is 2.43. The lowest BCUT2D eigenvalue weighted by Crippen LogP contribution is -2.33. The average molecular weight is 311 g/mol. The molecule has 0 saturated carbocycles.